The van der Waals surface area contributed by atoms with Crippen molar-refractivity contribution in [2.24, 2.45) is 0 Å². The predicted octanol–water partition coefficient (Wildman–Crippen LogP) is 1.23. The maximum Gasteiger partial charge on any atom is 0.471 e. The van der Waals surface area contributed by atoms with E-state index in [1.807, 2.05) is 5.32 Å². The van der Waals surface area contributed by atoms with Crippen LogP contribution in [0.25, 0.3) is 0 Å². The zero-order chi connectivity index (χ0) is 10.8. The number of carbonyl (C=O) groups is 1. The first-order valence-electron chi connectivity index (χ1n) is 4.31. The summed E-state index contributed by atoms with van der Waals surface area (Å²) in [7, 11) is 0. The number of carbonyl (C=O) groups excluding carboxylic acids is 1. The van der Waals surface area contributed by atoms with Crippen LogP contribution in [0.3, 0.4) is 0 Å². The van der Waals surface area contributed by atoms with Gasteiger partial charge in [0.1, 0.15) is 0 Å². The Kier molecular flexibility index (Phi) is 3.04. The van der Waals surface area contributed by atoms with E-state index >= 15 is 0 Å². The number of halogens is 3. The van der Waals surface area contributed by atoms with E-state index in [4.69, 9.17) is 4.74 Å². The summed E-state index contributed by atoms with van der Waals surface area (Å²) in [6, 6.07) is 0. The van der Waals surface area contributed by atoms with E-state index in [1.165, 1.54) is 0 Å². The van der Waals surface area contributed by atoms with Crippen molar-refractivity contribution in [1.82, 2.24) is 5.32 Å². The van der Waals surface area contributed by atoms with Gasteiger partial charge in [0.2, 0.25) is 0 Å². The summed E-state index contributed by atoms with van der Waals surface area (Å²) in [6.45, 7) is 2.22. The van der Waals surface area contributed by atoms with Crippen molar-refractivity contribution in [1.29, 1.82) is 0 Å². The van der Waals surface area contributed by atoms with Gasteiger partial charge in [-0.25, -0.2) is 0 Å². The molecule has 0 aromatic heterocycles. The molecule has 6 heteroatoms. The summed E-state index contributed by atoms with van der Waals surface area (Å²) in [4.78, 5) is 10.6. The van der Waals surface area contributed by atoms with Gasteiger partial charge < -0.3 is 10.1 Å². The standard InChI is InChI=1S/C8H12F3NO2/c1-7(3-2-4-14-5-7)12-6(13)8(9,10)11/h2-5H2,1H3,(H,12,13). The number of hydrogen-bond acceptors (Lipinski definition) is 2. The Bertz CT molecular complexity index is 221. The van der Waals surface area contributed by atoms with Crippen LogP contribution in [0.5, 0.6) is 0 Å². The highest BCUT2D eigenvalue weighted by Crippen LogP contribution is 2.21. The first-order valence-corrected chi connectivity index (χ1v) is 4.31. The van der Waals surface area contributed by atoms with Gasteiger partial charge >= 0.3 is 12.1 Å². The maximum absolute atomic E-state index is 11.9. The second-order valence-corrected chi connectivity index (χ2v) is 3.67. The Balaban J connectivity index is 2.54. The number of alkyl halides is 3. The molecule has 1 aliphatic heterocycles. The van der Waals surface area contributed by atoms with Gasteiger partial charge in [0.25, 0.3) is 0 Å². The van der Waals surface area contributed by atoms with Crippen LogP contribution >= 0.6 is 0 Å². The van der Waals surface area contributed by atoms with Crippen LogP contribution in [0.15, 0.2) is 0 Å². The molecule has 1 rings (SSSR count). The molecule has 0 bridgehead atoms. The smallest absolute Gasteiger partial charge is 0.379 e. The normalized spacial score (nSPS) is 28.6. The summed E-state index contributed by atoms with van der Waals surface area (Å²) in [6.07, 6.45) is -3.65. The second-order valence-electron chi connectivity index (χ2n) is 3.67. The highest BCUT2D eigenvalue weighted by molar-refractivity contribution is 5.82. The quantitative estimate of drug-likeness (QED) is 0.708. The second kappa shape index (κ2) is 3.76. The summed E-state index contributed by atoms with van der Waals surface area (Å²) < 4.78 is 40.8. The molecule has 0 aromatic rings. The van der Waals surface area contributed by atoms with Crippen LogP contribution in [0, 0.1) is 0 Å². The van der Waals surface area contributed by atoms with Crippen LogP contribution in [0.4, 0.5) is 13.2 Å². The fraction of sp³-hybridized carbons (Fsp3) is 0.875. The Hall–Kier alpha value is -0.780. The molecule has 0 aliphatic carbocycles. The van der Waals surface area contributed by atoms with Crippen LogP contribution in [-0.2, 0) is 9.53 Å². The van der Waals surface area contributed by atoms with Crippen molar-refractivity contribution in [3.05, 3.63) is 0 Å². The van der Waals surface area contributed by atoms with Gasteiger partial charge in [-0.15, -0.1) is 0 Å². The molecule has 1 unspecified atom stereocenters. The predicted molar refractivity (Wildman–Crippen MR) is 42.7 cm³/mol. The van der Waals surface area contributed by atoms with Crippen LogP contribution in [-0.4, -0.2) is 30.8 Å². The van der Waals surface area contributed by atoms with E-state index in [-0.39, 0.29) is 6.61 Å². The first-order chi connectivity index (χ1) is 6.33. The first kappa shape index (κ1) is 11.3. The van der Waals surface area contributed by atoms with Crippen molar-refractivity contribution >= 4 is 5.91 Å². The van der Waals surface area contributed by atoms with Gasteiger partial charge in [-0.2, -0.15) is 13.2 Å². The Morgan fingerprint density at radius 1 is 1.50 bits per heavy atom. The topological polar surface area (TPSA) is 38.3 Å². The van der Waals surface area contributed by atoms with Gasteiger partial charge in [-0.05, 0) is 19.8 Å². The minimum Gasteiger partial charge on any atom is -0.379 e. The zero-order valence-corrected chi connectivity index (χ0v) is 7.78. The summed E-state index contributed by atoms with van der Waals surface area (Å²) >= 11 is 0. The molecule has 0 saturated carbocycles. The average molecular weight is 211 g/mol. The van der Waals surface area contributed by atoms with Crippen molar-refractivity contribution in [3.8, 4) is 0 Å². The SMILES string of the molecule is CC1(NC(=O)C(F)(F)F)CCCOC1. The lowest BCUT2D eigenvalue weighted by Crippen LogP contribution is -2.55. The van der Waals surface area contributed by atoms with Crippen LogP contribution < -0.4 is 5.32 Å². The molecule has 1 amide bonds. The number of hydrogen-bond donors (Lipinski definition) is 1. The lowest BCUT2D eigenvalue weighted by atomic mass is 9.95. The Labute approximate surface area is 79.6 Å². The largest absolute Gasteiger partial charge is 0.471 e. The molecule has 0 aromatic carbocycles. The molecule has 0 spiro atoms. The third-order valence-corrected chi connectivity index (χ3v) is 2.11. The molecule has 14 heavy (non-hydrogen) atoms. The molecule has 1 aliphatic rings. The molecule has 0 radical (unpaired) electrons. The van der Waals surface area contributed by atoms with Gasteiger partial charge in [-0.1, -0.05) is 0 Å². The zero-order valence-electron chi connectivity index (χ0n) is 7.78. The highest BCUT2D eigenvalue weighted by atomic mass is 19.4. The molecule has 3 nitrogen and oxygen atoms in total. The molecular formula is C8H12F3NO2. The van der Waals surface area contributed by atoms with Crippen molar-refractivity contribution in [2.45, 2.75) is 31.5 Å². The molecule has 1 atom stereocenters. The highest BCUT2D eigenvalue weighted by Gasteiger charge is 2.42. The minimum absolute atomic E-state index is 0.134. The van der Waals surface area contributed by atoms with E-state index in [1.54, 1.807) is 6.92 Å². The molecule has 1 heterocycles. The molecule has 82 valence electrons. The van der Waals surface area contributed by atoms with E-state index in [9.17, 15) is 18.0 Å². The van der Waals surface area contributed by atoms with Crippen molar-refractivity contribution in [2.75, 3.05) is 13.2 Å². The summed E-state index contributed by atoms with van der Waals surface area (Å²) in [5, 5.41) is 1.95. The molecule has 1 N–H and O–H groups in total. The maximum atomic E-state index is 11.9. The van der Waals surface area contributed by atoms with E-state index in [0.717, 1.165) is 0 Å². The fourth-order valence-electron chi connectivity index (χ4n) is 1.38. The average Bonchev–Trinajstić information content (AvgIpc) is 2.02. The van der Waals surface area contributed by atoms with E-state index < -0.39 is 17.6 Å². The monoisotopic (exact) mass is 211 g/mol. The lowest BCUT2D eigenvalue weighted by Gasteiger charge is -2.34. The number of nitrogens with one attached hydrogen (secondary N) is 1. The van der Waals surface area contributed by atoms with Crippen LogP contribution in [0.1, 0.15) is 19.8 Å². The van der Waals surface area contributed by atoms with Gasteiger partial charge in [0.05, 0.1) is 12.1 Å². The Morgan fingerprint density at radius 2 is 2.14 bits per heavy atom. The van der Waals surface area contributed by atoms with Crippen molar-refractivity contribution in [3.63, 3.8) is 0 Å². The molecule has 1 fully saturated rings. The van der Waals surface area contributed by atoms with Gasteiger partial charge in [-0.3, -0.25) is 4.79 Å². The third kappa shape index (κ3) is 2.87. The Morgan fingerprint density at radius 3 is 2.57 bits per heavy atom. The van der Waals surface area contributed by atoms with Gasteiger partial charge in [0, 0.05) is 6.61 Å². The molecule has 1 saturated heterocycles. The minimum atomic E-state index is -4.82. The van der Waals surface area contributed by atoms with Gasteiger partial charge in [0.15, 0.2) is 0 Å². The number of ether oxygens (including phenoxy) is 1. The lowest BCUT2D eigenvalue weighted by molar-refractivity contribution is -0.177. The number of amides is 1. The van der Waals surface area contributed by atoms with Crippen LogP contribution in [0.2, 0.25) is 0 Å². The third-order valence-electron chi connectivity index (χ3n) is 2.11. The number of rotatable bonds is 1. The van der Waals surface area contributed by atoms with Crippen molar-refractivity contribution < 1.29 is 22.7 Å². The fourth-order valence-corrected chi connectivity index (χ4v) is 1.38. The molecular weight excluding hydrogens is 199 g/mol. The summed E-state index contributed by atoms with van der Waals surface area (Å²) in [5.74, 6) is -1.90. The van der Waals surface area contributed by atoms with E-state index in [2.05, 4.69) is 0 Å². The van der Waals surface area contributed by atoms with E-state index in [0.29, 0.717) is 19.4 Å². The summed E-state index contributed by atoms with van der Waals surface area (Å²) in [5.41, 5.74) is -0.884.